The molecule has 3 N–H and O–H groups in total. The van der Waals surface area contributed by atoms with Gasteiger partial charge in [-0.3, -0.25) is 4.79 Å². The zero-order valence-electron chi connectivity index (χ0n) is 22.6. The first-order valence-corrected chi connectivity index (χ1v) is 13.0. The Morgan fingerprint density at radius 1 is 1.07 bits per heavy atom. The van der Waals surface area contributed by atoms with Gasteiger partial charge in [-0.1, -0.05) is 11.6 Å². The van der Waals surface area contributed by atoms with E-state index in [0.29, 0.717) is 30.2 Å². The first-order chi connectivity index (χ1) is 19.3. The van der Waals surface area contributed by atoms with Crippen molar-refractivity contribution in [1.29, 1.82) is 0 Å². The number of hydrogen-bond acceptors (Lipinski definition) is 7. The average Bonchev–Trinajstić information content (AvgIpc) is 3.31. The molecule has 9 nitrogen and oxygen atoms in total. The molecular formula is C28H29ClF3N5O4. The molecule has 0 aliphatic heterocycles. The van der Waals surface area contributed by atoms with Gasteiger partial charge in [0.05, 0.1) is 35.9 Å². The number of carbonyl (C=O) groups is 1. The van der Waals surface area contributed by atoms with Gasteiger partial charge in [-0.15, -0.1) is 0 Å². The van der Waals surface area contributed by atoms with Crippen molar-refractivity contribution in [3.05, 3.63) is 71.1 Å². The lowest BCUT2D eigenvalue weighted by Gasteiger charge is -2.21. The van der Waals surface area contributed by atoms with Crippen LogP contribution in [0.3, 0.4) is 0 Å². The molecule has 2 aromatic carbocycles. The molecule has 0 aliphatic carbocycles. The van der Waals surface area contributed by atoms with Gasteiger partial charge in [0.15, 0.2) is 5.82 Å². The standard InChI is InChI=1S/C28H29ClF3N5O4/c1-27(2,3)36-26(39)17-12-18(28(30,31)32)14-20(13-17)41-23-5-4-19(15-21(23)29)35-25-24-22(33-16-34-25)6-7-37(24)8-10-40-11-9-38/h4-7,12-16,38H,8-11H2,1-3H3,(H,36,39)(H,33,34,35). The van der Waals surface area contributed by atoms with Crippen molar-refractivity contribution in [3.8, 4) is 11.5 Å². The number of ether oxygens (including phenoxy) is 2. The number of halogens is 4. The predicted molar refractivity (Wildman–Crippen MR) is 149 cm³/mol. The molecule has 4 rings (SSSR count). The van der Waals surface area contributed by atoms with Crippen molar-refractivity contribution in [1.82, 2.24) is 19.9 Å². The smallest absolute Gasteiger partial charge is 0.416 e. The van der Waals surface area contributed by atoms with Gasteiger partial charge < -0.3 is 29.8 Å². The lowest BCUT2D eigenvalue weighted by atomic mass is 10.1. The summed E-state index contributed by atoms with van der Waals surface area (Å²) in [7, 11) is 0. The maximum atomic E-state index is 13.6. The molecular weight excluding hydrogens is 563 g/mol. The molecule has 0 unspecified atom stereocenters. The Balaban J connectivity index is 1.57. The molecule has 0 aliphatic rings. The van der Waals surface area contributed by atoms with Crippen LogP contribution in [-0.4, -0.2) is 50.9 Å². The third-order valence-electron chi connectivity index (χ3n) is 5.67. The molecule has 0 fully saturated rings. The highest BCUT2D eigenvalue weighted by molar-refractivity contribution is 6.32. The zero-order chi connectivity index (χ0) is 29.8. The van der Waals surface area contributed by atoms with E-state index in [1.54, 1.807) is 32.9 Å². The average molecular weight is 592 g/mol. The van der Waals surface area contributed by atoms with Gasteiger partial charge in [-0.2, -0.15) is 13.2 Å². The number of nitrogens with one attached hydrogen (secondary N) is 2. The van der Waals surface area contributed by atoms with Gasteiger partial charge in [0.2, 0.25) is 0 Å². The van der Waals surface area contributed by atoms with E-state index in [9.17, 15) is 18.0 Å². The maximum Gasteiger partial charge on any atom is 0.416 e. The highest BCUT2D eigenvalue weighted by Crippen LogP contribution is 2.37. The highest BCUT2D eigenvalue weighted by atomic mass is 35.5. The summed E-state index contributed by atoms with van der Waals surface area (Å²) in [4.78, 5) is 21.2. The van der Waals surface area contributed by atoms with Gasteiger partial charge in [0.1, 0.15) is 23.3 Å². The Bertz CT molecular complexity index is 1540. The Hall–Kier alpha value is -3.87. The number of fused-ring (bicyclic) bond motifs is 1. The fourth-order valence-electron chi connectivity index (χ4n) is 3.93. The molecule has 0 radical (unpaired) electrons. The number of aliphatic hydroxyl groups is 1. The Labute approximate surface area is 239 Å². The number of nitrogens with zero attached hydrogens (tertiary/aromatic N) is 3. The molecule has 41 heavy (non-hydrogen) atoms. The van der Waals surface area contributed by atoms with E-state index in [4.69, 9.17) is 26.2 Å². The molecule has 0 spiro atoms. The minimum absolute atomic E-state index is 0.0652. The molecule has 2 aromatic heterocycles. The number of benzene rings is 2. The van der Waals surface area contributed by atoms with Gasteiger partial charge in [0, 0.05) is 29.5 Å². The fraction of sp³-hybridized carbons (Fsp3) is 0.321. The number of carbonyl (C=O) groups excluding carboxylic acids is 1. The van der Waals surface area contributed by atoms with Crippen LogP contribution in [0.2, 0.25) is 5.02 Å². The molecule has 4 aromatic rings. The predicted octanol–water partition coefficient (Wildman–Crippen LogP) is 6.18. The molecule has 0 atom stereocenters. The van der Waals surface area contributed by atoms with Crippen LogP contribution in [0.5, 0.6) is 11.5 Å². The van der Waals surface area contributed by atoms with Gasteiger partial charge in [-0.25, -0.2) is 9.97 Å². The Morgan fingerprint density at radius 2 is 1.85 bits per heavy atom. The van der Waals surface area contributed by atoms with Crippen molar-refractivity contribution >= 4 is 40.0 Å². The number of anilines is 2. The molecule has 0 saturated heterocycles. The van der Waals surface area contributed by atoms with Crippen LogP contribution < -0.4 is 15.4 Å². The first-order valence-electron chi connectivity index (χ1n) is 12.6. The normalized spacial score (nSPS) is 12.0. The van der Waals surface area contributed by atoms with Crippen molar-refractivity contribution in [2.45, 2.75) is 39.0 Å². The number of aromatic nitrogens is 3. The van der Waals surface area contributed by atoms with Crippen LogP contribution in [0, 0.1) is 0 Å². The second-order valence-corrected chi connectivity index (χ2v) is 10.5. The largest absolute Gasteiger partial charge is 0.456 e. The van der Waals surface area contributed by atoms with Crippen LogP contribution >= 0.6 is 11.6 Å². The summed E-state index contributed by atoms with van der Waals surface area (Å²) in [5.41, 5.74) is 0.0926. The van der Waals surface area contributed by atoms with Crippen LogP contribution in [0.4, 0.5) is 24.7 Å². The zero-order valence-corrected chi connectivity index (χ0v) is 23.3. The van der Waals surface area contributed by atoms with E-state index in [2.05, 4.69) is 20.6 Å². The number of rotatable bonds is 10. The van der Waals surface area contributed by atoms with Gasteiger partial charge in [0.25, 0.3) is 5.91 Å². The summed E-state index contributed by atoms with van der Waals surface area (Å²) in [6.07, 6.45) is -1.43. The minimum Gasteiger partial charge on any atom is -0.456 e. The van der Waals surface area contributed by atoms with E-state index < -0.39 is 23.2 Å². The number of amides is 1. The van der Waals surface area contributed by atoms with Gasteiger partial charge >= 0.3 is 6.18 Å². The first kappa shape index (κ1) is 30.1. The molecule has 218 valence electrons. The maximum absolute atomic E-state index is 13.6. The number of alkyl halides is 3. The monoisotopic (exact) mass is 591 g/mol. The Morgan fingerprint density at radius 3 is 2.54 bits per heavy atom. The van der Waals surface area contributed by atoms with Crippen LogP contribution in [-0.2, 0) is 17.5 Å². The Kier molecular flexibility index (Phi) is 9.05. The molecule has 0 saturated carbocycles. The highest BCUT2D eigenvalue weighted by Gasteiger charge is 2.32. The summed E-state index contributed by atoms with van der Waals surface area (Å²) in [6, 6.07) is 9.33. The van der Waals surface area contributed by atoms with Gasteiger partial charge in [-0.05, 0) is 63.2 Å². The molecule has 2 heterocycles. The lowest BCUT2D eigenvalue weighted by Crippen LogP contribution is -2.40. The van der Waals surface area contributed by atoms with E-state index in [1.165, 1.54) is 18.5 Å². The third-order valence-corrected chi connectivity index (χ3v) is 5.96. The van der Waals surface area contributed by atoms with Crippen molar-refractivity contribution < 1.29 is 32.5 Å². The van der Waals surface area contributed by atoms with Crippen LogP contribution in [0.15, 0.2) is 55.0 Å². The van der Waals surface area contributed by atoms with E-state index in [1.807, 2.05) is 16.8 Å². The lowest BCUT2D eigenvalue weighted by molar-refractivity contribution is -0.137. The minimum atomic E-state index is -4.70. The molecule has 1 amide bonds. The number of hydrogen-bond donors (Lipinski definition) is 3. The quantitative estimate of drug-likeness (QED) is 0.189. The van der Waals surface area contributed by atoms with Crippen molar-refractivity contribution in [2.24, 2.45) is 0 Å². The summed E-state index contributed by atoms with van der Waals surface area (Å²) in [6.45, 7) is 6.23. The summed E-state index contributed by atoms with van der Waals surface area (Å²) in [5, 5.41) is 14.9. The second-order valence-electron chi connectivity index (χ2n) is 10.1. The van der Waals surface area contributed by atoms with Crippen molar-refractivity contribution in [2.75, 3.05) is 25.1 Å². The van der Waals surface area contributed by atoms with Crippen molar-refractivity contribution in [3.63, 3.8) is 0 Å². The third kappa shape index (κ3) is 7.87. The van der Waals surface area contributed by atoms with E-state index in [-0.39, 0.29) is 35.3 Å². The number of aliphatic hydroxyl groups excluding tert-OH is 1. The van der Waals surface area contributed by atoms with Crippen LogP contribution in [0.1, 0.15) is 36.7 Å². The fourth-order valence-corrected chi connectivity index (χ4v) is 4.15. The topological polar surface area (TPSA) is 111 Å². The molecule has 13 heteroatoms. The summed E-state index contributed by atoms with van der Waals surface area (Å²) < 4.78 is 53.8. The second kappa shape index (κ2) is 12.3. The summed E-state index contributed by atoms with van der Waals surface area (Å²) >= 11 is 6.45. The van der Waals surface area contributed by atoms with Crippen LogP contribution in [0.25, 0.3) is 11.0 Å². The van der Waals surface area contributed by atoms with E-state index in [0.717, 1.165) is 17.6 Å². The SMILES string of the molecule is CC(C)(C)NC(=O)c1cc(Oc2ccc(Nc3ncnc4ccn(CCOCCO)c34)cc2Cl)cc(C(F)(F)F)c1. The van der Waals surface area contributed by atoms with E-state index >= 15 is 0 Å². The summed E-state index contributed by atoms with van der Waals surface area (Å²) in [5.74, 6) is -0.268. The molecule has 0 bridgehead atoms.